The van der Waals surface area contributed by atoms with E-state index >= 15 is 0 Å². The number of hydrogen-bond donors (Lipinski definition) is 4. The van der Waals surface area contributed by atoms with Crippen LogP contribution in [0, 0.1) is 11.3 Å². The number of hydrogen-bond acceptors (Lipinski definition) is 7. The molecule has 0 aliphatic carbocycles. The normalized spacial score (nSPS) is 14.4. The number of nitriles is 1. The lowest BCUT2D eigenvalue weighted by Gasteiger charge is -2.15. The van der Waals surface area contributed by atoms with Crippen molar-refractivity contribution >= 4 is 17.6 Å². The Morgan fingerprint density at radius 2 is 1.84 bits per heavy atom. The number of anilines is 1. The van der Waals surface area contributed by atoms with Crippen LogP contribution < -0.4 is 16.0 Å². The summed E-state index contributed by atoms with van der Waals surface area (Å²) < 4.78 is 0. The van der Waals surface area contributed by atoms with E-state index in [0.717, 1.165) is 19.5 Å². The van der Waals surface area contributed by atoms with E-state index in [9.17, 15) is 20.0 Å². The zero-order valence-electron chi connectivity index (χ0n) is 20.3. The van der Waals surface area contributed by atoms with Gasteiger partial charge in [0.05, 0.1) is 11.3 Å². The minimum absolute atomic E-state index is 0.00139. The van der Waals surface area contributed by atoms with E-state index in [2.05, 4.69) is 32.0 Å². The Kier molecular flexibility index (Phi) is 7.06. The average Bonchev–Trinajstić information content (AvgIpc) is 3.46. The third kappa shape index (κ3) is 5.21. The first-order chi connectivity index (χ1) is 18.5. The van der Waals surface area contributed by atoms with Crippen molar-refractivity contribution in [1.82, 2.24) is 20.6 Å². The zero-order chi connectivity index (χ0) is 26.5. The Balaban J connectivity index is 1.60. The fraction of sp³-hybridized carbons (Fsp3) is 0.138. The zero-order valence-corrected chi connectivity index (χ0v) is 20.3. The van der Waals surface area contributed by atoms with Crippen molar-refractivity contribution in [3.05, 3.63) is 95.8 Å². The van der Waals surface area contributed by atoms with Crippen molar-refractivity contribution < 1.29 is 14.7 Å². The second-order valence-electron chi connectivity index (χ2n) is 8.85. The van der Waals surface area contributed by atoms with E-state index in [1.807, 2.05) is 0 Å². The maximum atomic E-state index is 12.9. The lowest BCUT2D eigenvalue weighted by Crippen LogP contribution is -2.36. The van der Waals surface area contributed by atoms with Crippen LogP contribution in [0.4, 0.5) is 5.82 Å². The van der Waals surface area contributed by atoms with E-state index in [-0.39, 0.29) is 29.1 Å². The smallest absolute Gasteiger partial charge is 0.258 e. The first-order valence-electron chi connectivity index (χ1n) is 12.1. The van der Waals surface area contributed by atoms with E-state index < -0.39 is 5.91 Å². The van der Waals surface area contributed by atoms with Crippen molar-refractivity contribution in [2.45, 2.75) is 12.5 Å². The molecule has 0 spiro atoms. The number of para-hydroxylation sites is 1. The highest BCUT2D eigenvalue weighted by molar-refractivity contribution is 6.05. The van der Waals surface area contributed by atoms with Gasteiger partial charge in [-0.15, -0.1) is 0 Å². The van der Waals surface area contributed by atoms with Gasteiger partial charge in [0.25, 0.3) is 11.8 Å². The molecule has 2 aromatic carbocycles. The van der Waals surface area contributed by atoms with Gasteiger partial charge in [0.2, 0.25) is 0 Å². The lowest BCUT2D eigenvalue weighted by molar-refractivity contribution is 0.0939. The number of carbonyl (C=O) groups is 2. The van der Waals surface area contributed by atoms with Crippen LogP contribution in [0.2, 0.25) is 0 Å². The minimum Gasteiger partial charge on any atom is -0.507 e. The predicted molar refractivity (Wildman–Crippen MR) is 142 cm³/mol. The fourth-order valence-corrected chi connectivity index (χ4v) is 4.36. The number of benzene rings is 2. The van der Waals surface area contributed by atoms with Crippen LogP contribution in [0.25, 0.3) is 22.4 Å². The van der Waals surface area contributed by atoms with Crippen LogP contribution in [0.3, 0.4) is 0 Å². The molecule has 1 atom stereocenters. The van der Waals surface area contributed by atoms with Gasteiger partial charge in [-0.3, -0.25) is 14.6 Å². The molecule has 38 heavy (non-hydrogen) atoms. The molecule has 1 saturated heterocycles. The van der Waals surface area contributed by atoms with Crippen molar-refractivity contribution in [2.24, 2.45) is 0 Å². The lowest BCUT2D eigenvalue weighted by atomic mass is 9.96. The number of carbonyl (C=O) groups excluding carboxylic acids is 2. The Labute approximate surface area is 219 Å². The number of nitrogens with zero attached hydrogens (tertiary/aromatic N) is 3. The summed E-state index contributed by atoms with van der Waals surface area (Å²) in [4.78, 5) is 34.4. The molecule has 9 heteroatoms. The highest BCUT2D eigenvalue weighted by Crippen LogP contribution is 2.35. The number of aromatic hydroxyl groups is 1. The second-order valence-corrected chi connectivity index (χ2v) is 8.85. The maximum absolute atomic E-state index is 12.9. The van der Waals surface area contributed by atoms with Gasteiger partial charge in [-0.1, -0.05) is 24.3 Å². The number of amides is 2. The maximum Gasteiger partial charge on any atom is 0.258 e. The molecular formula is C29H24N6O3. The van der Waals surface area contributed by atoms with Crippen molar-refractivity contribution in [3.63, 3.8) is 0 Å². The summed E-state index contributed by atoms with van der Waals surface area (Å²) in [7, 11) is 0. The van der Waals surface area contributed by atoms with Gasteiger partial charge in [0, 0.05) is 41.7 Å². The first-order valence-corrected chi connectivity index (χ1v) is 12.1. The molecular weight excluding hydrogens is 480 g/mol. The number of nitrogens with one attached hydrogen (secondary N) is 3. The summed E-state index contributed by atoms with van der Waals surface area (Å²) in [6.45, 7) is 1.58. The van der Waals surface area contributed by atoms with Crippen molar-refractivity contribution in [1.29, 1.82) is 5.26 Å². The SMILES string of the molecule is N#Cc1c(-c2cccc(C(=O)NC3CCNC3)c2)cc(-c2ccccc2O)nc1NC(=O)c1cccnc1. The van der Waals surface area contributed by atoms with Gasteiger partial charge < -0.3 is 21.1 Å². The third-order valence-electron chi connectivity index (χ3n) is 6.30. The molecule has 9 nitrogen and oxygen atoms in total. The fourth-order valence-electron chi connectivity index (χ4n) is 4.36. The van der Waals surface area contributed by atoms with E-state index in [0.29, 0.717) is 33.5 Å². The van der Waals surface area contributed by atoms with Crippen LogP contribution in [-0.4, -0.2) is 46.0 Å². The molecule has 2 aromatic heterocycles. The van der Waals surface area contributed by atoms with E-state index in [1.54, 1.807) is 66.9 Å². The molecule has 188 valence electrons. The van der Waals surface area contributed by atoms with Crippen molar-refractivity contribution in [3.8, 4) is 34.2 Å². The minimum atomic E-state index is -0.485. The molecule has 5 rings (SSSR count). The monoisotopic (exact) mass is 504 g/mol. The summed E-state index contributed by atoms with van der Waals surface area (Å²) in [5.41, 5.74) is 2.70. The van der Waals surface area contributed by atoms with Crippen LogP contribution >= 0.6 is 0 Å². The molecule has 1 aliphatic heterocycles. The summed E-state index contributed by atoms with van der Waals surface area (Å²) in [6, 6.07) is 20.7. The van der Waals surface area contributed by atoms with Gasteiger partial charge in [0.15, 0.2) is 5.82 Å². The quantitative estimate of drug-likeness (QED) is 0.314. The highest BCUT2D eigenvalue weighted by Gasteiger charge is 2.21. The number of rotatable bonds is 6. The predicted octanol–water partition coefficient (Wildman–Crippen LogP) is 3.73. The van der Waals surface area contributed by atoms with E-state index in [1.165, 1.54) is 12.3 Å². The molecule has 0 saturated carbocycles. The number of aromatic nitrogens is 2. The van der Waals surface area contributed by atoms with Gasteiger partial charge >= 0.3 is 0 Å². The van der Waals surface area contributed by atoms with Crippen LogP contribution in [-0.2, 0) is 0 Å². The van der Waals surface area contributed by atoms with E-state index in [4.69, 9.17) is 0 Å². The number of pyridine rings is 2. The summed E-state index contributed by atoms with van der Waals surface area (Å²) in [5.74, 6) is -0.664. The molecule has 1 aliphatic rings. The largest absolute Gasteiger partial charge is 0.507 e. The van der Waals surface area contributed by atoms with Crippen LogP contribution in [0.5, 0.6) is 5.75 Å². The Bertz CT molecular complexity index is 1540. The molecule has 1 fully saturated rings. The second kappa shape index (κ2) is 10.9. The molecule has 0 bridgehead atoms. The van der Waals surface area contributed by atoms with Gasteiger partial charge in [-0.2, -0.15) is 5.26 Å². The Morgan fingerprint density at radius 1 is 1.00 bits per heavy atom. The van der Waals surface area contributed by atoms with Gasteiger partial charge in [-0.25, -0.2) is 4.98 Å². The molecule has 1 unspecified atom stereocenters. The molecule has 3 heterocycles. The van der Waals surface area contributed by atoms with Crippen molar-refractivity contribution in [2.75, 3.05) is 18.4 Å². The number of phenols is 1. The van der Waals surface area contributed by atoms with Gasteiger partial charge in [0.1, 0.15) is 17.4 Å². The number of phenolic OH excluding ortho intramolecular Hbond substituents is 1. The van der Waals surface area contributed by atoms with Gasteiger partial charge in [-0.05, 0) is 61.0 Å². The van der Waals surface area contributed by atoms with Crippen LogP contribution in [0.1, 0.15) is 32.7 Å². The first kappa shape index (κ1) is 24.6. The third-order valence-corrected chi connectivity index (χ3v) is 6.30. The summed E-state index contributed by atoms with van der Waals surface area (Å²) in [5, 5.41) is 29.6. The molecule has 4 aromatic rings. The topological polar surface area (TPSA) is 140 Å². The summed E-state index contributed by atoms with van der Waals surface area (Å²) >= 11 is 0. The molecule has 2 amide bonds. The van der Waals surface area contributed by atoms with Crippen LogP contribution in [0.15, 0.2) is 79.1 Å². The Hall–Kier alpha value is -5.07. The summed E-state index contributed by atoms with van der Waals surface area (Å²) in [6.07, 6.45) is 3.83. The highest BCUT2D eigenvalue weighted by atomic mass is 16.3. The Morgan fingerprint density at radius 3 is 2.58 bits per heavy atom. The standard InChI is InChI=1S/C29H24N6O3/c30-15-24-23(18-5-3-6-19(13-18)28(37)33-21-10-12-32-17-21)14-25(22-8-1-2-9-26(22)36)34-27(24)35-29(38)20-7-4-11-31-16-20/h1-9,11,13-14,16,21,32,36H,10,12,17H2,(H,33,37)(H,34,35,38). The molecule has 0 radical (unpaired) electrons. The molecule has 4 N–H and O–H groups in total. The average molecular weight is 505 g/mol.